The summed E-state index contributed by atoms with van der Waals surface area (Å²) in [7, 11) is 0. The fourth-order valence-electron chi connectivity index (χ4n) is 3.13. The molecule has 120 valence electrons. The number of benzene rings is 2. The number of fused-ring (bicyclic) bond motifs is 1. The van der Waals surface area contributed by atoms with E-state index in [1.165, 1.54) is 32.5 Å². The number of aromatic nitrogens is 1. The van der Waals surface area contributed by atoms with Gasteiger partial charge in [-0.15, -0.1) is 0 Å². The van der Waals surface area contributed by atoms with Crippen molar-refractivity contribution in [2.24, 2.45) is 0 Å². The summed E-state index contributed by atoms with van der Waals surface area (Å²) in [4.78, 5) is 4.89. The molecule has 0 unspecified atom stereocenters. The molecule has 0 aliphatic heterocycles. The minimum absolute atomic E-state index is 0.0176. The normalized spacial score (nSPS) is 11.9. The van der Waals surface area contributed by atoms with Crippen molar-refractivity contribution in [3.8, 4) is 11.1 Å². The zero-order chi connectivity index (χ0) is 16.8. The first-order chi connectivity index (χ1) is 10.7. The van der Waals surface area contributed by atoms with Crippen LogP contribution in [0.5, 0.6) is 0 Å². The Bertz CT molecular complexity index is 846. The molecule has 3 aromatic rings. The Kier molecular flexibility index (Phi) is 3.93. The number of nitrogens with zero attached hydrogens (tertiary/aromatic N) is 1. The van der Waals surface area contributed by atoms with Gasteiger partial charge in [0, 0.05) is 11.1 Å². The van der Waals surface area contributed by atoms with Crippen LogP contribution in [-0.2, 0) is 0 Å². The zero-order valence-corrected chi connectivity index (χ0v) is 15.6. The van der Waals surface area contributed by atoms with E-state index in [-0.39, 0.29) is 5.54 Å². The standard InChI is InChI=1S/C20H24N2S/c1-12-10-13(2)17(14(3)11-12)15-8-7-9-16-18(15)21-19(23-16)22-20(4,5)6/h7-11H,1-6H3,(H,21,22). The molecule has 1 aromatic heterocycles. The molecule has 1 N–H and O–H groups in total. The highest BCUT2D eigenvalue weighted by Gasteiger charge is 2.16. The molecule has 0 atom stereocenters. The van der Waals surface area contributed by atoms with Gasteiger partial charge < -0.3 is 5.32 Å². The average Bonchev–Trinajstić information content (AvgIpc) is 2.78. The molecular weight excluding hydrogens is 300 g/mol. The summed E-state index contributed by atoms with van der Waals surface area (Å²) in [5, 5.41) is 4.48. The molecule has 0 bridgehead atoms. The summed E-state index contributed by atoms with van der Waals surface area (Å²) >= 11 is 1.73. The molecule has 0 aliphatic carbocycles. The van der Waals surface area contributed by atoms with Crippen LogP contribution < -0.4 is 5.32 Å². The predicted octanol–water partition coefficient (Wildman–Crippen LogP) is 6.10. The third kappa shape index (κ3) is 3.25. The SMILES string of the molecule is Cc1cc(C)c(-c2cccc3sc(NC(C)(C)C)nc23)c(C)c1. The van der Waals surface area contributed by atoms with Gasteiger partial charge in [-0.3, -0.25) is 0 Å². The van der Waals surface area contributed by atoms with Crippen LogP contribution in [0.3, 0.4) is 0 Å². The highest BCUT2D eigenvalue weighted by Crippen LogP contribution is 2.37. The first-order valence-electron chi connectivity index (χ1n) is 8.00. The molecule has 0 spiro atoms. The first-order valence-corrected chi connectivity index (χ1v) is 8.82. The van der Waals surface area contributed by atoms with Gasteiger partial charge in [0.25, 0.3) is 0 Å². The number of hydrogen-bond acceptors (Lipinski definition) is 3. The maximum Gasteiger partial charge on any atom is 0.184 e. The van der Waals surface area contributed by atoms with Crippen LogP contribution in [0.2, 0.25) is 0 Å². The van der Waals surface area contributed by atoms with Crippen molar-refractivity contribution in [2.45, 2.75) is 47.1 Å². The van der Waals surface area contributed by atoms with Gasteiger partial charge >= 0.3 is 0 Å². The van der Waals surface area contributed by atoms with Crippen molar-refractivity contribution < 1.29 is 0 Å². The second-order valence-electron chi connectivity index (χ2n) is 7.32. The second-order valence-corrected chi connectivity index (χ2v) is 8.35. The summed E-state index contributed by atoms with van der Waals surface area (Å²) in [6, 6.07) is 11.0. The maximum absolute atomic E-state index is 4.89. The number of para-hydroxylation sites is 1. The number of hydrogen-bond donors (Lipinski definition) is 1. The van der Waals surface area contributed by atoms with Gasteiger partial charge in [-0.25, -0.2) is 4.98 Å². The molecule has 0 fully saturated rings. The van der Waals surface area contributed by atoms with E-state index in [9.17, 15) is 0 Å². The van der Waals surface area contributed by atoms with Crippen molar-refractivity contribution in [1.29, 1.82) is 0 Å². The van der Waals surface area contributed by atoms with Crippen LogP contribution in [-0.4, -0.2) is 10.5 Å². The molecule has 3 rings (SSSR count). The summed E-state index contributed by atoms with van der Waals surface area (Å²) in [6.45, 7) is 13.0. The number of rotatable bonds is 2. The Morgan fingerprint density at radius 3 is 2.26 bits per heavy atom. The number of thiazole rings is 1. The molecule has 0 saturated heterocycles. The summed E-state index contributed by atoms with van der Waals surface area (Å²) in [6.07, 6.45) is 0. The van der Waals surface area contributed by atoms with E-state index in [4.69, 9.17) is 4.98 Å². The van der Waals surface area contributed by atoms with Crippen molar-refractivity contribution in [1.82, 2.24) is 4.98 Å². The van der Waals surface area contributed by atoms with E-state index >= 15 is 0 Å². The number of aryl methyl sites for hydroxylation is 3. The minimum Gasteiger partial charge on any atom is -0.357 e. The third-order valence-corrected chi connectivity index (χ3v) is 4.78. The van der Waals surface area contributed by atoms with Gasteiger partial charge in [0.15, 0.2) is 5.13 Å². The van der Waals surface area contributed by atoms with Gasteiger partial charge in [-0.1, -0.05) is 41.2 Å². The molecule has 0 amide bonds. The van der Waals surface area contributed by atoms with Crippen molar-refractivity contribution >= 4 is 26.7 Å². The summed E-state index contributed by atoms with van der Waals surface area (Å²) in [5.74, 6) is 0. The molecule has 0 radical (unpaired) electrons. The van der Waals surface area contributed by atoms with Gasteiger partial charge in [-0.2, -0.15) is 0 Å². The van der Waals surface area contributed by atoms with E-state index < -0.39 is 0 Å². The lowest BCUT2D eigenvalue weighted by Crippen LogP contribution is -2.25. The van der Waals surface area contributed by atoms with Crippen LogP contribution in [0.1, 0.15) is 37.5 Å². The fraction of sp³-hybridized carbons (Fsp3) is 0.350. The monoisotopic (exact) mass is 324 g/mol. The fourth-order valence-corrected chi connectivity index (χ4v) is 4.23. The van der Waals surface area contributed by atoms with Crippen LogP contribution >= 0.6 is 11.3 Å². The van der Waals surface area contributed by atoms with Crippen molar-refractivity contribution in [3.63, 3.8) is 0 Å². The van der Waals surface area contributed by atoms with E-state index in [0.717, 1.165) is 10.6 Å². The Hall–Kier alpha value is -1.87. The summed E-state index contributed by atoms with van der Waals surface area (Å²) < 4.78 is 1.23. The van der Waals surface area contributed by atoms with E-state index in [1.54, 1.807) is 11.3 Å². The van der Waals surface area contributed by atoms with Gasteiger partial charge in [0.2, 0.25) is 0 Å². The van der Waals surface area contributed by atoms with E-state index in [2.05, 4.69) is 77.2 Å². The molecule has 0 aliphatic rings. The third-order valence-electron chi connectivity index (χ3n) is 3.85. The van der Waals surface area contributed by atoms with Gasteiger partial charge in [0.1, 0.15) is 0 Å². The largest absolute Gasteiger partial charge is 0.357 e. The highest BCUT2D eigenvalue weighted by atomic mass is 32.1. The number of anilines is 1. The second kappa shape index (κ2) is 5.64. The Balaban J connectivity index is 2.19. The molecule has 23 heavy (non-hydrogen) atoms. The minimum atomic E-state index is 0.0176. The van der Waals surface area contributed by atoms with Gasteiger partial charge in [-0.05, 0) is 64.3 Å². The highest BCUT2D eigenvalue weighted by molar-refractivity contribution is 7.22. The smallest absolute Gasteiger partial charge is 0.184 e. The lowest BCUT2D eigenvalue weighted by molar-refractivity contribution is 0.633. The van der Waals surface area contributed by atoms with Crippen molar-refractivity contribution in [3.05, 3.63) is 47.0 Å². The number of nitrogens with one attached hydrogen (secondary N) is 1. The van der Waals surface area contributed by atoms with Crippen LogP contribution in [0.15, 0.2) is 30.3 Å². The van der Waals surface area contributed by atoms with Crippen LogP contribution in [0.4, 0.5) is 5.13 Å². The topological polar surface area (TPSA) is 24.9 Å². The average molecular weight is 324 g/mol. The zero-order valence-electron chi connectivity index (χ0n) is 14.7. The Labute approximate surface area is 142 Å². The Morgan fingerprint density at radius 2 is 1.65 bits per heavy atom. The molecule has 1 heterocycles. The van der Waals surface area contributed by atoms with E-state index in [0.29, 0.717) is 0 Å². The quantitative estimate of drug-likeness (QED) is 0.616. The van der Waals surface area contributed by atoms with E-state index in [1.807, 2.05) is 0 Å². The van der Waals surface area contributed by atoms with Crippen molar-refractivity contribution in [2.75, 3.05) is 5.32 Å². The molecule has 2 aromatic carbocycles. The molecule has 3 heteroatoms. The van der Waals surface area contributed by atoms with Gasteiger partial charge in [0.05, 0.1) is 10.2 Å². The first kappa shape index (κ1) is 16.0. The van der Waals surface area contributed by atoms with Crippen LogP contribution in [0.25, 0.3) is 21.3 Å². The van der Waals surface area contributed by atoms with Crippen LogP contribution in [0, 0.1) is 20.8 Å². The summed E-state index contributed by atoms with van der Waals surface area (Å²) in [5.41, 5.74) is 7.60. The molecule has 0 saturated carbocycles. The molecular formula is C20H24N2S. The maximum atomic E-state index is 4.89. The lowest BCUT2D eigenvalue weighted by atomic mass is 9.93. The predicted molar refractivity (Wildman–Crippen MR) is 103 cm³/mol. The lowest BCUT2D eigenvalue weighted by Gasteiger charge is -2.19. The molecule has 2 nitrogen and oxygen atoms in total. The Morgan fingerprint density at radius 1 is 1.00 bits per heavy atom.